The van der Waals surface area contributed by atoms with E-state index in [0.29, 0.717) is 0 Å². The number of aromatic nitrogens is 1. The van der Waals surface area contributed by atoms with Crippen molar-refractivity contribution in [2.24, 2.45) is 5.84 Å². The van der Waals surface area contributed by atoms with Crippen molar-refractivity contribution in [2.45, 2.75) is 32.9 Å². The molecule has 1 aromatic heterocycles. The van der Waals surface area contributed by atoms with Crippen molar-refractivity contribution >= 4 is 5.91 Å². The molecular formula is C13H20N4O2. The number of nitrogens with two attached hydrogens (primary N) is 1. The van der Waals surface area contributed by atoms with Crippen molar-refractivity contribution in [2.75, 3.05) is 13.6 Å². The molecule has 0 radical (unpaired) electrons. The van der Waals surface area contributed by atoms with Crippen LogP contribution in [0, 0.1) is 0 Å². The number of pyridine rings is 1. The van der Waals surface area contributed by atoms with Gasteiger partial charge in [-0.3, -0.25) is 15.0 Å². The normalized spacial score (nSPS) is 15.4. The van der Waals surface area contributed by atoms with Crippen molar-refractivity contribution < 1.29 is 4.79 Å². The van der Waals surface area contributed by atoms with E-state index in [4.69, 9.17) is 5.84 Å². The molecule has 1 aromatic rings. The standard InChI is InChI=1S/C13H20N4O2/c1-8(2)17-11-4-5-16(3)7-9(11)6-10(13(17)19)12(18)15-14/h6,8H,4-5,7,14H2,1-3H3,(H,15,18). The van der Waals surface area contributed by atoms with E-state index >= 15 is 0 Å². The van der Waals surface area contributed by atoms with Crippen LogP contribution in [0.2, 0.25) is 0 Å². The highest BCUT2D eigenvalue weighted by Gasteiger charge is 2.23. The zero-order valence-corrected chi connectivity index (χ0v) is 11.6. The summed E-state index contributed by atoms with van der Waals surface area (Å²) in [6, 6.07) is 1.70. The molecule has 0 unspecified atom stereocenters. The van der Waals surface area contributed by atoms with E-state index in [-0.39, 0.29) is 17.2 Å². The van der Waals surface area contributed by atoms with E-state index in [1.807, 2.05) is 26.3 Å². The summed E-state index contributed by atoms with van der Waals surface area (Å²) in [5.41, 5.74) is 3.96. The Hall–Kier alpha value is -1.66. The second-order valence-corrected chi connectivity index (χ2v) is 5.26. The number of nitrogen functional groups attached to an aromatic ring is 1. The van der Waals surface area contributed by atoms with E-state index in [1.54, 1.807) is 10.6 Å². The third-order valence-corrected chi connectivity index (χ3v) is 3.49. The van der Waals surface area contributed by atoms with Crippen molar-refractivity contribution in [3.8, 4) is 0 Å². The third-order valence-electron chi connectivity index (χ3n) is 3.49. The van der Waals surface area contributed by atoms with Crippen LogP contribution < -0.4 is 16.8 Å². The summed E-state index contributed by atoms with van der Waals surface area (Å²) in [5.74, 6) is 4.61. The van der Waals surface area contributed by atoms with Gasteiger partial charge in [0.05, 0.1) is 0 Å². The van der Waals surface area contributed by atoms with E-state index in [2.05, 4.69) is 4.90 Å². The van der Waals surface area contributed by atoms with Crippen LogP contribution in [-0.4, -0.2) is 29.0 Å². The van der Waals surface area contributed by atoms with Gasteiger partial charge in [-0.05, 0) is 32.5 Å². The van der Waals surface area contributed by atoms with Crippen molar-refractivity contribution in [3.05, 3.63) is 33.2 Å². The molecule has 2 rings (SSSR count). The summed E-state index contributed by atoms with van der Waals surface area (Å²) in [7, 11) is 2.02. The van der Waals surface area contributed by atoms with Gasteiger partial charge in [0.15, 0.2) is 0 Å². The van der Waals surface area contributed by atoms with Crippen LogP contribution in [0.3, 0.4) is 0 Å². The van der Waals surface area contributed by atoms with Gasteiger partial charge in [-0.15, -0.1) is 0 Å². The highest BCUT2D eigenvalue weighted by molar-refractivity contribution is 5.93. The predicted octanol–water partition coefficient (Wildman–Crippen LogP) is 0.0206. The zero-order chi connectivity index (χ0) is 14.2. The average molecular weight is 264 g/mol. The predicted molar refractivity (Wildman–Crippen MR) is 72.8 cm³/mol. The minimum atomic E-state index is -0.532. The first-order valence-electron chi connectivity index (χ1n) is 6.42. The fourth-order valence-corrected chi connectivity index (χ4v) is 2.60. The lowest BCUT2D eigenvalue weighted by Crippen LogP contribution is -2.40. The molecule has 0 fully saturated rings. The van der Waals surface area contributed by atoms with Gasteiger partial charge in [-0.25, -0.2) is 5.84 Å². The molecule has 0 atom stereocenters. The lowest BCUT2D eigenvalue weighted by atomic mass is 10.0. The molecule has 0 saturated heterocycles. The lowest BCUT2D eigenvalue weighted by Gasteiger charge is -2.29. The maximum Gasteiger partial charge on any atom is 0.270 e. The Bertz CT molecular complexity index is 562. The molecule has 3 N–H and O–H groups in total. The molecule has 0 saturated carbocycles. The number of rotatable bonds is 2. The quantitative estimate of drug-likeness (QED) is 0.448. The summed E-state index contributed by atoms with van der Waals surface area (Å²) in [5, 5.41) is 0. The van der Waals surface area contributed by atoms with Crippen molar-refractivity contribution in [1.82, 2.24) is 14.9 Å². The van der Waals surface area contributed by atoms with Gasteiger partial charge in [0.2, 0.25) is 0 Å². The van der Waals surface area contributed by atoms with Crippen LogP contribution in [0.4, 0.5) is 0 Å². The Kier molecular flexibility index (Phi) is 3.73. The number of hydrogen-bond acceptors (Lipinski definition) is 4. The number of likely N-dealkylation sites (N-methyl/N-ethyl adjacent to an activating group) is 1. The third kappa shape index (κ3) is 2.41. The monoisotopic (exact) mass is 264 g/mol. The van der Waals surface area contributed by atoms with E-state index in [1.165, 1.54) is 0 Å². The molecule has 1 amide bonds. The van der Waals surface area contributed by atoms with Crippen LogP contribution in [-0.2, 0) is 13.0 Å². The lowest BCUT2D eigenvalue weighted by molar-refractivity contribution is 0.0951. The van der Waals surface area contributed by atoms with Crippen LogP contribution in [0.5, 0.6) is 0 Å². The van der Waals surface area contributed by atoms with Gasteiger partial charge < -0.3 is 9.47 Å². The number of nitrogens with zero attached hydrogens (tertiary/aromatic N) is 2. The largest absolute Gasteiger partial charge is 0.309 e. The molecular weight excluding hydrogens is 244 g/mol. The Morgan fingerprint density at radius 1 is 1.47 bits per heavy atom. The Labute approximate surface area is 112 Å². The molecule has 1 aliphatic heterocycles. The van der Waals surface area contributed by atoms with Crippen molar-refractivity contribution in [3.63, 3.8) is 0 Å². The average Bonchev–Trinajstić information content (AvgIpc) is 2.36. The Morgan fingerprint density at radius 2 is 2.16 bits per heavy atom. The summed E-state index contributed by atoms with van der Waals surface area (Å²) >= 11 is 0. The number of hydrogen-bond donors (Lipinski definition) is 2. The molecule has 0 aromatic carbocycles. The van der Waals surface area contributed by atoms with Crippen LogP contribution >= 0.6 is 0 Å². The SMILES string of the molecule is CC(C)n1c2c(cc(C(=O)NN)c1=O)CN(C)CC2. The van der Waals surface area contributed by atoms with Gasteiger partial charge >= 0.3 is 0 Å². The van der Waals surface area contributed by atoms with Gasteiger partial charge in [0.1, 0.15) is 5.56 Å². The topological polar surface area (TPSA) is 80.4 Å². The minimum Gasteiger partial charge on any atom is -0.309 e. The first-order valence-corrected chi connectivity index (χ1v) is 6.42. The molecule has 104 valence electrons. The molecule has 0 spiro atoms. The second kappa shape index (κ2) is 5.14. The van der Waals surface area contributed by atoms with E-state index in [0.717, 1.165) is 30.8 Å². The number of carbonyl (C=O) groups excluding carboxylic acids is 1. The number of carbonyl (C=O) groups is 1. The van der Waals surface area contributed by atoms with Gasteiger partial charge in [0, 0.05) is 31.2 Å². The fourth-order valence-electron chi connectivity index (χ4n) is 2.60. The summed E-state index contributed by atoms with van der Waals surface area (Å²) in [4.78, 5) is 26.3. The second-order valence-electron chi connectivity index (χ2n) is 5.26. The maximum atomic E-state index is 12.4. The van der Waals surface area contributed by atoms with Crippen LogP contribution in [0.1, 0.15) is 41.5 Å². The van der Waals surface area contributed by atoms with E-state index in [9.17, 15) is 9.59 Å². The summed E-state index contributed by atoms with van der Waals surface area (Å²) in [6.45, 7) is 5.56. The molecule has 2 heterocycles. The van der Waals surface area contributed by atoms with Gasteiger partial charge in [0.25, 0.3) is 11.5 Å². The molecule has 0 aliphatic carbocycles. The summed E-state index contributed by atoms with van der Waals surface area (Å²) < 4.78 is 1.72. The Morgan fingerprint density at radius 3 is 2.74 bits per heavy atom. The molecule has 1 aliphatic rings. The highest BCUT2D eigenvalue weighted by Crippen LogP contribution is 2.20. The molecule has 0 bridgehead atoms. The minimum absolute atomic E-state index is 0.0233. The Balaban J connectivity index is 2.67. The van der Waals surface area contributed by atoms with Crippen LogP contribution in [0.25, 0.3) is 0 Å². The molecule has 19 heavy (non-hydrogen) atoms. The smallest absolute Gasteiger partial charge is 0.270 e. The maximum absolute atomic E-state index is 12.4. The van der Waals surface area contributed by atoms with Crippen molar-refractivity contribution in [1.29, 1.82) is 0 Å². The first-order chi connectivity index (χ1) is 8.95. The van der Waals surface area contributed by atoms with Gasteiger partial charge in [-0.1, -0.05) is 0 Å². The number of amides is 1. The molecule has 6 heteroatoms. The van der Waals surface area contributed by atoms with Crippen LogP contribution in [0.15, 0.2) is 10.9 Å². The van der Waals surface area contributed by atoms with Gasteiger partial charge in [-0.2, -0.15) is 0 Å². The fraction of sp³-hybridized carbons (Fsp3) is 0.538. The molecule has 6 nitrogen and oxygen atoms in total. The zero-order valence-electron chi connectivity index (χ0n) is 11.6. The highest BCUT2D eigenvalue weighted by atomic mass is 16.2. The number of hydrazine groups is 1. The van der Waals surface area contributed by atoms with E-state index < -0.39 is 5.91 Å². The summed E-state index contributed by atoms with van der Waals surface area (Å²) in [6.07, 6.45) is 0.823. The number of fused-ring (bicyclic) bond motifs is 1. The number of nitrogens with one attached hydrogen (secondary N) is 1. The first kappa shape index (κ1) is 13.8.